The molecule has 3 rings (SSSR count). The molecule has 5 heteroatoms. The first-order valence-electron chi connectivity index (χ1n) is 7.02. The lowest BCUT2D eigenvalue weighted by Gasteiger charge is -2.20. The molecule has 2 aromatic rings. The fraction of sp³-hybridized carbons (Fsp3) is 0.312. The van der Waals surface area contributed by atoms with Gasteiger partial charge in [0.25, 0.3) is 0 Å². The van der Waals surface area contributed by atoms with Gasteiger partial charge in [0, 0.05) is 18.9 Å². The Morgan fingerprint density at radius 3 is 2.95 bits per heavy atom. The Kier molecular flexibility index (Phi) is 3.56. The molecule has 0 amide bonds. The molecule has 0 spiro atoms. The van der Waals surface area contributed by atoms with Gasteiger partial charge in [-0.15, -0.1) is 0 Å². The van der Waals surface area contributed by atoms with Gasteiger partial charge in [0.1, 0.15) is 11.4 Å². The number of anilines is 1. The smallest absolute Gasteiger partial charge is 0.339 e. The Labute approximate surface area is 123 Å². The van der Waals surface area contributed by atoms with Crippen molar-refractivity contribution >= 4 is 11.8 Å². The van der Waals surface area contributed by atoms with Gasteiger partial charge in [0.05, 0.1) is 12.2 Å². The van der Waals surface area contributed by atoms with Gasteiger partial charge in [-0.1, -0.05) is 6.07 Å². The van der Waals surface area contributed by atoms with Gasteiger partial charge < -0.3 is 10.0 Å². The van der Waals surface area contributed by atoms with Gasteiger partial charge in [-0.3, -0.25) is 4.98 Å². The van der Waals surface area contributed by atoms with Crippen LogP contribution in [0.2, 0.25) is 0 Å². The number of aryl methyl sites for hydroxylation is 2. The molecule has 0 saturated heterocycles. The molecule has 2 heterocycles. The number of rotatable bonds is 4. The van der Waals surface area contributed by atoms with Crippen LogP contribution in [-0.2, 0) is 19.4 Å². The molecule has 5 nitrogen and oxygen atoms in total. The van der Waals surface area contributed by atoms with E-state index in [-0.39, 0.29) is 5.56 Å². The minimum Gasteiger partial charge on any atom is -0.478 e. The normalized spacial score (nSPS) is 13.0. The Bertz CT molecular complexity index is 671. The molecule has 1 N–H and O–H groups in total. The molecule has 0 radical (unpaired) electrons. The number of aromatic nitrogens is 2. The van der Waals surface area contributed by atoms with E-state index in [9.17, 15) is 9.90 Å². The van der Waals surface area contributed by atoms with E-state index in [4.69, 9.17) is 0 Å². The second kappa shape index (κ2) is 5.52. The number of hydrogen-bond donors (Lipinski definition) is 1. The molecule has 0 atom stereocenters. The van der Waals surface area contributed by atoms with E-state index in [2.05, 4.69) is 9.97 Å². The number of carboxylic acids is 1. The highest BCUT2D eigenvalue weighted by Crippen LogP contribution is 2.27. The fourth-order valence-corrected chi connectivity index (χ4v) is 2.72. The van der Waals surface area contributed by atoms with Crippen molar-refractivity contribution in [1.82, 2.24) is 9.97 Å². The zero-order chi connectivity index (χ0) is 14.8. The third-order valence-electron chi connectivity index (χ3n) is 3.75. The minimum atomic E-state index is -0.930. The summed E-state index contributed by atoms with van der Waals surface area (Å²) in [6.45, 7) is 0.535. The second-order valence-corrected chi connectivity index (χ2v) is 5.30. The van der Waals surface area contributed by atoms with E-state index in [1.165, 1.54) is 0 Å². The van der Waals surface area contributed by atoms with Crippen molar-refractivity contribution in [2.75, 3.05) is 11.9 Å². The summed E-state index contributed by atoms with van der Waals surface area (Å²) in [6.07, 6.45) is 4.64. The summed E-state index contributed by atoms with van der Waals surface area (Å²) in [5.74, 6) is -0.408. The summed E-state index contributed by atoms with van der Waals surface area (Å²) in [5.41, 5.74) is 3.26. The van der Waals surface area contributed by atoms with Gasteiger partial charge in [-0.05, 0) is 43.0 Å². The average Bonchev–Trinajstić information content (AvgIpc) is 2.94. The fourth-order valence-electron chi connectivity index (χ4n) is 2.72. The maximum Gasteiger partial charge on any atom is 0.339 e. The number of nitrogens with zero attached hydrogens (tertiary/aromatic N) is 3. The lowest BCUT2D eigenvalue weighted by Crippen LogP contribution is -2.22. The van der Waals surface area contributed by atoms with E-state index < -0.39 is 5.97 Å². The van der Waals surface area contributed by atoms with Crippen LogP contribution < -0.4 is 4.90 Å². The van der Waals surface area contributed by atoms with Crippen LogP contribution in [0.15, 0.2) is 30.5 Å². The SMILES string of the molecule is CN(Cc1ccccn1)c1nc2c(cc1C(=O)O)CCC2. The van der Waals surface area contributed by atoms with Gasteiger partial charge in [0.2, 0.25) is 0 Å². The molecule has 1 aliphatic carbocycles. The predicted octanol–water partition coefficient (Wildman–Crippen LogP) is 2.30. The summed E-state index contributed by atoms with van der Waals surface area (Å²) < 4.78 is 0. The van der Waals surface area contributed by atoms with Gasteiger partial charge in [0.15, 0.2) is 0 Å². The zero-order valence-electron chi connectivity index (χ0n) is 11.9. The summed E-state index contributed by atoms with van der Waals surface area (Å²) in [7, 11) is 1.85. The predicted molar refractivity (Wildman–Crippen MR) is 79.6 cm³/mol. The molecule has 0 aliphatic heterocycles. The first kappa shape index (κ1) is 13.5. The molecular formula is C16H17N3O2. The third-order valence-corrected chi connectivity index (χ3v) is 3.75. The average molecular weight is 283 g/mol. The molecule has 108 valence electrons. The molecule has 0 unspecified atom stereocenters. The topological polar surface area (TPSA) is 66.3 Å². The monoisotopic (exact) mass is 283 g/mol. The highest BCUT2D eigenvalue weighted by molar-refractivity contribution is 5.93. The number of aromatic carboxylic acids is 1. The molecule has 2 aromatic heterocycles. The highest BCUT2D eigenvalue weighted by Gasteiger charge is 2.22. The van der Waals surface area contributed by atoms with Crippen molar-refractivity contribution in [2.24, 2.45) is 0 Å². The van der Waals surface area contributed by atoms with Crippen molar-refractivity contribution in [2.45, 2.75) is 25.8 Å². The van der Waals surface area contributed by atoms with Gasteiger partial charge >= 0.3 is 5.97 Å². The van der Waals surface area contributed by atoms with Crippen molar-refractivity contribution < 1.29 is 9.90 Å². The largest absolute Gasteiger partial charge is 0.478 e. The molecule has 21 heavy (non-hydrogen) atoms. The number of fused-ring (bicyclic) bond motifs is 1. The van der Waals surface area contributed by atoms with Crippen molar-refractivity contribution in [3.05, 3.63) is 53.0 Å². The second-order valence-electron chi connectivity index (χ2n) is 5.30. The van der Waals surface area contributed by atoms with Gasteiger partial charge in [-0.2, -0.15) is 0 Å². The van der Waals surface area contributed by atoms with Crippen molar-refractivity contribution in [3.63, 3.8) is 0 Å². The lowest BCUT2D eigenvalue weighted by molar-refractivity contribution is 0.0697. The number of carbonyl (C=O) groups is 1. The Morgan fingerprint density at radius 2 is 2.24 bits per heavy atom. The molecule has 0 bridgehead atoms. The first-order valence-corrected chi connectivity index (χ1v) is 7.02. The molecule has 0 fully saturated rings. The van der Waals surface area contributed by atoms with E-state index >= 15 is 0 Å². The van der Waals surface area contributed by atoms with Gasteiger partial charge in [-0.25, -0.2) is 9.78 Å². The van der Waals surface area contributed by atoms with Crippen LogP contribution in [0.4, 0.5) is 5.82 Å². The number of hydrogen-bond acceptors (Lipinski definition) is 4. The number of pyridine rings is 2. The number of carboxylic acid groups (broad SMARTS) is 1. The Balaban J connectivity index is 1.95. The Morgan fingerprint density at radius 1 is 1.38 bits per heavy atom. The van der Waals surface area contributed by atoms with Crippen LogP contribution >= 0.6 is 0 Å². The lowest BCUT2D eigenvalue weighted by atomic mass is 10.1. The molecule has 0 aromatic carbocycles. The van der Waals surface area contributed by atoms with Crippen LogP contribution in [-0.4, -0.2) is 28.1 Å². The quantitative estimate of drug-likeness (QED) is 0.932. The van der Waals surface area contributed by atoms with Crippen LogP contribution in [0.1, 0.15) is 33.7 Å². The summed E-state index contributed by atoms with van der Waals surface area (Å²) in [5, 5.41) is 9.43. The van der Waals surface area contributed by atoms with Crippen molar-refractivity contribution in [3.8, 4) is 0 Å². The standard InChI is InChI=1S/C16H17N3O2/c1-19(10-12-6-2-3-8-17-12)15-13(16(20)21)9-11-5-4-7-14(11)18-15/h2-3,6,8-9H,4-5,7,10H2,1H3,(H,20,21). The molecular weight excluding hydrogens is 266 g/mol. The molecule has 0 saturated carbocycles. The summed E-state index contributed by atoms with van der Waals surface area (Å²) >= 11 is 0. The zero-order valence-corrected chi connectivity index (χ0v) is 11.9. The summed E-state index contributed by atoms with van der Waals surface area (Å²) in [4.78, 5) is 22.2. The van der Waals surface area contributed by atoms with Crippen molar-refractivity contribution in [1.29, 1.82) is 0 Å². The van der Waals surface area contributed by atoms with E-state index in [1.807, 2.05) is 30.1 Å². The van der Waals surface area contributed by atoms with Crippen LogP contribution in [0.5, 0.6) is 0 Å². The van der Waals surface area contributed by atoms with Crippen LogP contribution in [0.25, 0.3) is 0 Å². The third kappa shape index (κ3) is 2.72. The minimum absolute atomic E-state index is 0.272. The van der Waals surface area contributed by atoms with E-state index in [1.54, 1.807) is 12.3 Å². The highest BCUT2D eigenvalue weighted by atomic mass is 16.4. The van der Waals surface area contributed by atoms with E-state index in [0.29, 0.717) is 12.4 Å². The van der Waals surface area contributed by atoms with Crippen LogP contribution in [0.3, 0.4) is 0 Å². The van der Waals surface area contributed by atoms with E-state index in [0.717, 1.165) is 36.2 Å². The van der Waals surface area contributed by atoms with Crippen LogP contribution in [0, 0.1) is 0 Å². The summed E-state index contributed by atoms with van der Waals surface area (Å²) in [6, 6.07) is 7.48. The maximum atomic E-state index is 11.5. The molecule has 1 aliphatic rings. The maximum absolute atomic E-state index is 11.5. The first-order chi connectivity index (χ1) is 10.1. The Hall–Kier alpha value is -2.43.